The van der Waals surface area contributed by atoms with Crippen molar-refractivity contribution in [3.8, 4) is 16.9 Å². The molecule has 0 bridgehead atoms. The van der Waals surface area contributed by atoms with E-state index in [1.807, 2.05) is 36.4 Å². The number of amides is 2. The Bertz CT molecular complexity index is 1510. The number of carbonyl (C=O) groups is 3. The van der Waals surface area contributed by atoms with E-state index in [1.165, 1.54) is 0 Å². The molecule has 0 aliphatic heterocycles. The first kappa shape index (κ1) is 38.3. The zero-order valence-corrected chi connectivity index (χ0v) is 31.6. The Morgan fingerprint density at radius 2 is 1.31 bits per heavy atom. The summed E-state index contributed by atoms with van der Waals surface area (Å²) in [6.07, 6.45) is 2.02. The van der Waals surface area contributed by atoms with Gasteiger partial charge in [-0.15, -0.1) is 0 Å². The summed E-state index contributed by atoms with van der Waals surface area (Å²) < 4.78 is 18.8. The summed E-state index contributed by atoms with van der Waals surface area (Å²) in [4.78, 5) is 38.7. The third-order valence-electron chi connectivity index (χ3n) is 8.10. The van der Waals surface area contributed by atoms with Crippen molar-refractivity contribution in [2.45, 2.75) is 117 Å². The molecule has 2 N–H and O–H groups in total. The van der Waals surface area contributed by atoms with Gasteiger partial charge in [0.25, 0.3) is 8.32 Å². The van der Waals surface area contributed by atoms with Crippen LogP contribution in [0.3, 0.4) is 0 Å². The maximum Gasteiger partial charge on any atom is 0.435 e. The highest BCUT2D eigenvalue weighted by atomic mass is 28.4. The van der Waals surface area contributed by atoms with E-state index in [0.717, 1.165) is 27.1 Å². The highest BCUT2D eigenvalue weighted by molar-refractivity contribution is 6.78. The number of aromatic nitrogens is 2. The van der Waals surface area contributed by atoms with Gasteiger partial charge in [-0.3, -0.25) is 4.79 Å². The Hall–Kier alpha value is -4.12. The molecule has 2 aromatic carbocycles. The molecule has 0 fully saturated rings. The van der Waals surface area contributed by atoms with Crippen LogP contribution in [-0.4, -0.2) is 53.9 Å². The van der Waals surface area contributed by atoms with E-state index >= 15 is 0 Å². The van der Waals surface area contributed by atoms with Gasteiger partial charge in [0.1, 0.15) is 17.0 Å². The van der Waals surface area contributed by atoms with Crippen molar-refractivity contribution in [1.82, 2.24) is 15.1 Å². The second kappa shape index (κ2) is 15.4. The fourth-order valence-electron chi connectivity index (χ4n) is 6.04. The Morgan fingerprint density at radius 3 is 1.81 bits per heavy atom. The van der Waals surface area contributed by atoms with Gasteiger partial charge in [0.05, 0.1) is 12.1 Å². The molecule has 11 heteroatoms. The van der Waals surface area contributed by atoms with Crippen molar-refractivity contribution < 1.29 is 28.3 Å². The van der Waals surface area contributed by atoms with Gasteiger partial charge in [-0.1, -0.05) is 65.8 Å². The Morgan fingerprint density at radius 1 is 0.771 bits per heavy atom. The third kappa shape index (κ3) is 10.2. The van der Waals surface area contributed by atoms with Crippen LogP contribution < -0.4 is 15.1 Å². The van der Waals surface area contributed by atoms with Gasteiger partial charge in [0.2, 0.25) is 5.91 Å². The predicted octanol–water partition coefficient (Wildman–Crippen LogP) is 9.13. The normalized spacial score (nSPS) is 13.0. The third-order valence-corrected chi connectivity index (χ3v) is 14.1. The van der Waals surface area contributed by atoms with Crippen molar-refractivity contribution in [2.24, 2.45) is 0 Å². The second-order valence-electron chi connectivity index (χ2n) is 15.1. The number of hydrogen-bond donors (Lipinski definition) is 2. The largest absolute Gasteiger partial charge is 0.543 e. The first-order chi connectivity index (χ1) is 22.2. The number of ether oxygens (including phenoxy) is 2. The molecule has 1 atom stereocenters. The van der Waals surface area contributed by atoms with E-state index in [1.54, 1.807) is 66.1 Å². The number of benzene rings is 2. The van der Waals surface area contributed by atoms with Crippen molar-refractivity contribution in [3.05, 3.63) is 66.5 Å². The van der Waals surface area contributed by atoms with Gasteiger partial charge in [-0.25, -0.2) is 9.59 Å². The van der Waals surface area contributed by atoms with E-state index in [4.69, 9.17) is 13.9 Å². The molecule has 10 nitrogen and oxygen atoms in total. The van der Waals surface area contributed by atoms with Gasteiger partial charge in [0, 0.05) is 24.0 Å². The molecule has 3 aromatic rings. The molecular weight excluding hydrogens is 625 g/mol. The van der Waals surface area contributed by atoms with Crippen molar-refractivity contribution in [1.29, 1.82) is 0 Å². The number of nitrogens with zero attached hydrogens (tertiary/aromatic N) is 2. The molecule has 0 saturated carbocycles. The van der Waals surface area contributed by atoms with Crippen molar-refractivity contribution in [2.75, 3.05) is 11.9 Å². The minimum absolute atomic E-state index is 0.0333. The average Bonchev–Trinajstić information content (AvgIpc) is 3.45. The van der Waals surface area contributed by atoms with Crippen molar-refractivity contribution >= 4 is 32.1 Å². The summed E-state index contributed by atoms with van der Waals surface area (Å²) in [5.41, 5.74) is 2.78. The van der Waals surface area contributed by atoms with Crippen LogP contribution in [0.5, 0.6) is 5.75 Å². The SMILES string of the molecule is CC(C)[Si](Oc1ccc(C(CNC(=O)OC(C)(C)C)C(=O)Nc2ccc(-c3cnn(C(=O)OC(C)(C)C)c3)cc2)cc1)(C(C)C)C(C)C. The molecule has 0 radical (unpaired) electrons. The minimum atomic E-state index is -2.16. The van der Waals surface area contributed by atoms with Crippen LogP contribution in [0.1, 0.15) is 94.6 Å². The molecule has 0 saturated heterocycles. The van der Waals surface area contributed by atoms with E-state index in [0.29, 0.717) is 22.3 Å². The van der Waals surface area contributed by atoms with Crippen LogP contribution in [0, 0.1) is 0 Å². The monoisotopic (exact) mass is 678 g/mol. The number of alkyl carbamates (subject to hydrolysis) is 1. The highest BCUT2D eigenvalue weighted by Crippen LogP contribution is 2.43. The van der Waals surface area contributed by atoms with Crippen LogP contribution in [0.2, 0.25) is 16.6 Å². The van der Waals surface area contributed by atoms with Gasteiger partial charge in [0.15, 0.2) is 0 Å². The molecule has 0 spiro atoms. The van der Waals surface area contributed by atoms with Gasteiger partial charge in [-0.2, -0.15) is 9.78 Å². The summed E-state index contributed by atoms with van der Waals surface area (Å²) in [7, 11) is -2.16. The molecule has 1 heterocycles. The van der Waals surface area contributed by atoms with E-state index in [-0.39, 0.29) is 12.5 Å². The zero-order valence-electron chi connectivity index (χ0n) is 30.6. The number of rotatable bonds is 11. The lowest BCUT2D eigenvalue weighted by Crippen LogP contribution is -2.50. The minimum Gasteiger partial charge on any atom is -0.543 e. The molecule has 1 aromatic heterocycles. The summed E-state index contributed by atoms with van der Waals surface area (Å²) >= 11 is 0. The Kier molecular flexibility index (Phi) is 12.3. The molecule has 0 aliphatic carbocycles. The summed E-state index contributed by atoms with van der Waals surface area (Å²) in [6, 6.07) is 14.8. The second-order valence-corrected chi connectivity index (χ2v) is 20.5. The molecule has 3 rings (SSSR count). The fourth-order valence-corrected chi connectivity index (χ4v) is 11.3. The molecule has 2 amide bonds. The maximum absolute atomic E-state index is 13.7. The van der Waals surface area contributed by atoms with E-state index in [9.17, 15) is 14.4 Å². The quantitative estimate of drug-likeness (QED) is 0.194. The molecule has 0 aliphatic rings. The number of carbonyl (C=O) groups excluding carboxylic acids is 3. The predicted molar refractivity (Wildman–Crippen MR) is 193 cm³/mol. The Labute approximate surface area is 287 Å². The molecule has 48 heavy (non-hydrogen) atoms. The lowest BCUT2D eigenvalue weighted by atomic mass is 9.97. The fraction of sp³-hybridized carbons (Fsp3) is 0.514. The van der Waals surface area contributed by atoms with Crippen LogP contribution in [0.4, 0.5) is 15.3 Å². The number of hydrogen-bond acceptors (Lipinski definition) is 7. The number of anilines is 1. The average molecular weight is 679 g/mol. The smallest absolute Gasteiger partial charge is 0.435 e. The summed E-state index contributed by atoms with van der Waals surface area (Å²) in [6.45, 7) is 24.2. The van der Waals surface area contributed by atoms with Gasteiger partial charge >= 0.3 is 12.2 Å². The lowest BCUT2D eigenvalue weighted by molar-refractivity contribution is -0.117. The van der Waals surface area contributed by atoms with Gasteiger partial charge in [-0.05, 0) is 93.6 Å². The van der Waals surface area contributed by atoms with Gasteiger partial charge < -0.3 is 24.5 Å². The Balaban J connectivity index is 1.82. The molecular formula is C37H54N4O6Si. The van der Waals surface area contributed by atoms with Crippen LogP contribution in [0.15, 0.2) is 60.9 Å². The van der Waals surface area contributed by atoms with Crippen LogP contribution in [-0.2, 0) is 14.3 Å². The first-order valence-electron chi connectivity index (χ1n) is 16.7. The van der Waals surface area contributed by atoms with Crippen LogP contribution in [0.25, 0.3) is 11.1 Å². The first-order valence-corrected chi connectivity index (χ1v) is 18.8. The molecule has 1 unspecified atom stereocenters. The topological polar surface area (TPSA) is 121 Å². The highest BCUT2D eigenvalue weighted by Gasteiger charge is 2.47. The zero-order chi connectivity index (χ0) is 36.0. The van der Waals surface area contributed by atoms with Crippen molar-refractivity contribution in [3.63, 3.8) is 0 Å². The summed E-state index contributed by atoms with van der Waals surface area (Å²) in [5.74, 6) is -0.215. The van der Waals surface area contributed by atoms with E-state index in [2.05, 4.69) is 57.3 Å². The number of nitrogens with one attached hydrogen (secondary N) is 2. The van der Waals surface area contributed by atoms with Crippen LogP contribution >= 0.6 is 0 Å². The summed E-state index contributed by atoms with van der Waals surface area (Å²) in [5, 5.41) is 9.89. The molecule has 262 valence electrons. The lowest BCUT2D eigenvalue weighted by Gasteiger charge is -2.42. The maximum atomic E-state index is 13.7. The van der Waals surface area contributed by atoms with E-state index < -0.39 is 37.6 Å². The standard InChI is InChI=1S/C37H54N4O6Si/c1-24(2)48(25(3)4,26(5)6)47-31-19-15-28(16-20-31)32(22-38-34(43)45-36(7,8)9)33(42)40-30-17-13-27(14-18-30)29-21-39-41(23-29)35(44)46-37(10,11)12/h13-21,23-26,32H,22H2,1-12H3,(H,38,43)(H,40,42).